The van der Waals surface area contributed by atoms with E-state index in [-0.39, 0.29) is 11.1 Å². The number of carboxylic acids is 1. The number of anilines is 1. The largest absolute Gasteiger partial charge is 0.481 e. The van der Waals surface area contributed by atoms with Gasteiger partial charge in [-0.15, -0.1) is 0 Å². The van der Waals surface area contributed by atoms with Crippen molar-refractivity contribution in [1.82, 2.24) is 15.0 Å². The van der Waals surface area contributed by atoms with E-state index >= 15 is 0 Å². The summed E-state index contributed by atoms with van der Waals surface area (Å²) in [5.41, 5.74) is 1.89. The maximum Gasteiger partial charge on any atom is 0.303 e. The van der Waals surface area contributed by atoms with Crippen molar-refractivity contribution in [2.24, 2.45) is 11.3 Å². The number of alkyl halides is 2. The van der Waals surface area contributed by atoms with Crippen molar-refractivity contribution in [2.45, 2.75) is 57.8 Å². The lowest BCUT2D eigenvalue weighted by Gasteiger charge is -2.46. The smallest absolute Gasteiger partial charge is 0.303 e. The second-order valence-electron chi connectivity index (χ2n) is 10.1. The van der Waals surface area contributed by atoms with Gasteiger partial charge in [-0.2, -0.15) is 0 Å². The fourth-order valence-corrected chi connectivity index (χ4v) is 5.69. The molecule has 180 valence electrons. The standard InChI is InChI=1S/C26H30F2N4O2/c1-25(27,28)19-3-2-4-20-23(19)31-24(30-20)18-5-6-21(29-16-18)32-13-11-26(12-14-32)9-7-17(8-10-26)15-22(33)34/h2-6,16-17H,7-15H2,1H3,(H,30,31)(H,33,34). The lowest BCUT2D eigenvalue weighted by molar-refractivity contribution is -0.138. The molecule has 2 fully saturated rings. The zero-order valence-electron chi connectivity index (χ0n) is 19.4. The van der Waals surface area contributed by atoms with E-state index in [1.165, 1.54) is 6.07 Å². The summed E-state index contributed by atoms with van der Waals surface area (Å²) in [6.45, 7) is 2.77. The van der Waals surface area contributed by atoms with Gasteiger partial charge in [-0.25, -0.2) is 18.7 Å². The summed E-state index contributed by atoms with van der Waals surface area (Å²) in [6.07, 6.45) is 8.53. The maximum atomic E-state index is 14.0. The van der Waals surface area contributed by atoms with Crippen LogP contribution in [0.4, 0.5) is 14.6 Å². The molecule has 3 heterocycles. The molecule has 1 saturated heterocycles. The Labute approximate surface area is 197 Å². The van der Waals surface area contributed by atoms with E-state index in [1.54, 1.807) is 18.3 Å². The van der Waals surface area contributed by atoms with E-state index in [0.29, 0.717) is 29.1 Å². The predicted octanol–water partition coefficient (Wildman–Crippen LogP) is 5.99. The molecule has 0 unspecified atom stereocenters. The average molecular weight is 469 g/mol. The Morgan fingerprint density at radius 2 is 1.91 bits per heavy atom. The van der Waals surface area contributed by atoms with Gasteiger partial charge >= 0.3 is 5.97 Å². The van der Waals surface area contributed by atoms with Gasteiger partial charge in [-0.1, -0.05) is 12.1 Å². The van der Waals surface area contributed by atoms with Gasteiger partial charge in [0.05, 0.1) is 11.0 Å². The number of hydrogen-bond donors (Lipinski definition) is 2. The quantitative estimate of drug-likeness (QED) is 0.481. The van der Waals surface area contributed by atoms with Crippen LogP contribution in [0.1, 0.15) is 57.4 Å². The Morgan fingerprint density at radius 3 is 2.53 bits per heavy atom. The molecule has 0 bridgehead atoms. The van der Waals surface area contributed by atoms with E-state index in [4.69, 9.17) is 5.11 Å². The highest BCUT2D eigenvalue weighted by Crippen LogP contribution is 2.47. The van der Waals surface area contributed by atoms with E-state index in [1.807, 2.05) is 12.1 Å². The number of para-hydroxylation sites is 1. The molecule has 1 aliphatic carbocycles. The molecule has 2 aromatic heterocycles. The summed E-state index contributed by atoms with van der Waals surface area (Å²) in [5.74, 6) is -1.88. The monoisotopic (exact) mass is 468 g/mol. The molecule has 1 aliphatic heterocycles. The topological polar surface area (TPSA) is 82.1 Å². The van der Waals surface area contributed by atoms with E-state index < -0.39 is 11.9 Å². The number of fused-ring (bicyclic) bond motifs is 1. The summed E-state index contributed by atoms with van der Waals surface area (Å²) in [7, 11) is 0. The molecular formula is C26H30F2N4O2. The third-order valence-corrected chi connectivity index (χ3v) is 7.78. The second kappa shape index (κ2) is 8.64. The highest BCUT2D eigenvalue weighted by molar-refractivity contribution is 5.83. The number of pyridine rings is 1. The molecular weight excluding hydrogens is 438 g/mol. The minimum absolute atomic E-state index is 0.0867. The number of aliphatic carboxylic acids is 1. The number of carboxylic acid groups (broad SMARTS) is 1. The molecule has 1 spiro atoms. The van der Waals surface area contributed by atoms with Crippen LogP contribution in [0.25, 0.3) is 22.4 Å². The highest BCUT2D eigenvalue weighted by atomic mass is 19.3. The molecule has 0 atom stereocenters. The average Bonchev–Trinajstić information content (AvgIpc) is 3.25. The fraction of sp³-hybridized carbons (Fsp3) is 0.500. The number of H-pyrrole nitrogens is 1. The van der Waals surface area contributed by atoms with Gasteiger partial charge in [0.2, 0.25) is 0 Å². The number of aromatic amines is 1. The minimum atomic E-state index is -2.96. The molecule has 0 radical (unpaired) electrons. The van der Waals surface area contributed by atoms with Crippen LogP contribution in [0, 0.1) is 11.3 Å². The number of imidazole rings is 1. The van der Waals surface area contributed by atoms with Gasteiger partial charge in [0.25, 0.3) is 5.92 Å². The van der Waals surface area contributed by atoms with Crippen molar-refractivity contribution in [3.63, 3.8) is 0 Å². The van der Waals surface area contributed by atoms with Gasteiger partial charge in [0.1, 0.15) is 11.6 Å². The van der Waals surface area contributed by atoms with Crippen LogP contribution < -0.4 is 4.90 Å². The zero-order valence-corrected chi connectivity index (χ0v) is 19.4. The first kappa shape index (κ1) is 22.7. The number of nitrogens with zero attached hydrogens (tertiary/aromatic N) is 3. The van der Waals surface area contributed by atoms with Crippen molar-refractivity contribution < 1.29 is 18.7 Å². The summed E-state index contributed by atoms with van der Waals surface area (Å²) in [6, 6.07) is 8.68. The summed E-state index contributed by atoms with van der Waals surface area (Å²) < 4.78 is 27.9. The van der Waals surface area contributed by atoms with Crippen molar-refractivity contribution in [1.29, 1.82) is 0 Å². The first-order valence-electron chi connectivity index (χ1n) is 12.0. The maximum absolute atomic E-state index is 14.0. The summed E-state index contributed by atoms with van der Waals surface area (Å²) in [4.78, 5) is 25.5. The molecule has 8 heteroatoms. The minimum Gasteiger partial charge on any atom is -0.481 e. The van der Waals surface area contributed by atoms with Crippen LogP contribution in [0.15, 0.2) is 36.5 Å². The van der Waals surface area contributed by atoms with Gasteiger partial charge in [-0.3, -0.25) is 4.79 Å². The van der Waals surface area contributed by atoms with Gasteiger partial charge in [-0.05, 0) is 68.1 Å². The first-order valence-corrected chi connectivity index (χ1v) is 12.0. The molecule has 5 rings (SSSR count). The highest BCUT2D eigenvalue weighted by Gasteiger charge is 2.38. The summed E-state index contributed by atoms with van der Waals surface area (Å²) in [5, 5.41) is 9.05. The molecule has 2 aliphatic rings. The molecule has 1 saturated carbocycles. The van der Waals surface area contributed by atoms with E-state index in [0.717, 1.165) is 69.9 Å². The zero-order chi connectivity index (χ0) is 23.9. The Balaban J connectivity index is 1.25. The van der Waals surface area contributed by atoms with E-state index in [2.05, 4.69) is 19.9 Å². The van der Waals surface area contributed by atoms with Crippen molar-refractivity contribution in [3.05, 3.63) is 42.1 Å². The number of benzene rings is 1. The van der Waals surface area contributed by atoms with Crippen LogP contribution in [-0.2, 0) is 10.7 Å². The number of carbonyl (C=O) groups is 1. The van der Waals surface area contributed by atoms with Crippen LogP contribution in [0.2, 0.25) is 0 Å². The Hall–Kier alpha value is -3.03. The first-order chi connectivity index (χ1) is 16.2. The Bertz CT molecular complexity index is 1170. The second-order valence-corrected chi connectivity index (χ2v) is 10.1. The number of nitrogens with one attached hydrogen (secondary N) is 1. The number of piperidine rings is 1. The number of aromatic nitrogens is 3. The molecule has 1 aromatic carbocycles. The fourth-order valence-electron chi connectivity index (χ4n) is 5.69. The molecule has 34 heavy (non-hydrogen) atoms. The normalized spacial score (nSPS) is 19.1. The van der Waals surface area contributed by atoms with Crippen LogP contribution in [0.5, 0.6) is 0 Å². The summed E-state index contributed by atoms with van der Waals surface area (Å²) >= 11 is 0. The lowest BCUT2D eigenvalue weighted by Crippen LogP contribution is -2.42. The van der Waals surface area contributed by atoms with Crippen molar-refractivity contribution in [3.8, 4) is 11.4 Å². The number of halogens is 2. The van der Waals surface area contributed by atoms with E-state index in [9.17, 15) is 13.6 Å². The molecule has 0 amide bonds. The molecule has 2 N–H and O–H groups in total. The van der Waals surface area contributed by atoms with Gasteiger partial charge < -0.3 is 15.0 Å². The van der Waals surface area contributed by atoms with Crippen LogP contribution >= 0.6 is 0 Å². The number of hydrogen-bond acceptors (Lipinski definition) is 4. The molecule has 6 nitrogen and oxygen atoms in total. The number of rotatable bonds is 5. The van der Waals surface area contributed by atoms with Crippen molar-refractivity contribution in [2.75, 3.05) is 18.0 Å². The van der Waals surface area contributed by atoms with Gasteiger partial charge in [0.15, 0.2) is 0 Å². The third-order valence-electron chi connectivity index (χ3n) is 7.78. The van der Waals surface area contributed by atoms with Crippen molar-refractivity contribution >= 4 is 22.8 Å². The van der Waals surface area contributed by atoms with Gasteiger partial charge in [0, 0.05) is 43.8 Å². The van der Waals surface area contributed by atoms with Crippen LogP contribution in [-0.4, -0.2) is 39.1 Å². The lowest BCUT2D eigenvalue weighted by atomic mass is 9.65. The Morgan fingerprint density at radius 1 is 1.18 bits per heavy atom. The van der Waals surface area contributed by atoms with Crippen LogP contribution in [0.3, 0.4) is 0 Å². The third kappa shape index (κ3) is 4.50. The SMILES string of the molecule is CC(F)(F)c1cccc2[nH]c(-c3ccc(N4CCC5(CCC(CC(=O)O)CC5)CC4)nc3)nc12. The molecule has 3 aromatic rings. The Kier molecular flexibility index (Phi) is 5.78. The predicted molar refractivity (Wildman–Crippen MR) is 127 cm³/mol.